The van der Waals surface area contributed by atoms with Crippen molar-refractivity contribution in [2.45, 2.75) is 6.92 Å². The number of hydrogen-bond donors (Lipinski definition) is 0. The number of rotatable bonds is 5. The van der Waals surface area contributed by atoms with Crippen molar-refractivity contribution in [1.29, 1.82) is 0 Å². The Labute approximate surface area is 172 Å². The summed E-state index contributed by atoms with van der Waals surface area (Å²) in [6.45, 7) is 1.85. The molecule has 0 saturated carbocycles. The third-order valence-corrected chi connectivity index (χ3v) is 4.84. The first-order valence-electron chi connectivity index (χ1n) is 7.76. The first-order valence-corrected chi connectivity index (χ1v) is 9.35. The van der Waals surface area contributed by atoms with Crippen molar-refractivity contribution in [3.8, 4) is 0 Å². The number of halogens is 2. The average molecular weight is 507 g/mol. The largest absolute Gasteiger partial charge is 0.466 e. The maximum absolute atomic E-state index is 12.4. The molecule has 146 valence electrons. The molecule has 1 aromatic carbocycles. The van der Waals surface area contributed by atoms with Crippen LogP contribution in [0.2, 0.25) is 0 Å². The van der Waals surface area contributed by atoms with Crippen LogP contribution < -0.4 is 4.90 Å². The maximum atomic E-state index is 12.4. The van der Waals surface area contributed by atoms with E-state index in [9.17, 15) is 14.4 Å². The molecule has 8 nitrogen and oxygen atoms in total. The average Bonchev–Trinajstić information content (AvgIpc) is 2.66. The van der Waals surface area contributed by atoms with E-state index in [-0.39, 0.29) is 31.2 Å². The highest BCUT2D eigenvalue weighted by Crippen LogP contribution is 2.39. The minimum Gasteiger partial charge on any atom is -0.466 e. The van der Waals surface area contributed by atoms with Crippen LogP contribution in [-0.2, 0) is 28.5 Å². The number of nitrogens with zero attached hydrogens (tertiary/aromatic N) is 1. The summed E-state index contributed by atoms with van der Waals surface area (Å²) >= 11 is 6.80. The van der Waals surface area contributed by atoms with E-state index in [0.29, 0.717) is 20.2 Å². The zero-order valence-corrected chi connectivity index (χ0v) is 18.0. The molecule has 0 spiro atoms. The van der Waals surface area contributed by atoms with Crippen LogP contribution in [0.4, 0.5) is 5.69 Å². The number of hydrogen-bond acceptors (Lipinski definition) is 8. The van der Waals surface area contributed by atoms with Crippen molar-refractivity contribution in [2.75, 3.05) is 39.1 Å². The zero-order valence-electron chi connectivity index (χ0n) is 14.8. The van der Waals surface area contributed by atoms with Gasteiger partial charge in [0.15, 0.2) is 0 Å². The van der Waals surface area contributed by atoms with Crippen LogP contribution >= 0.6 is 31.9 Å². The van der Waals surface area contributed by atoms with Crippen LogP contribution in [-0.4, -0.2) is 52.1 Å². The summed E-state index contributed by atoms with van der Waals surface area (Å²) in [5.41, 5.74) is 0.823. The predicted octanol–water partition coefficient (Wildman–Crippen LogP) is 2.78. The second-order valence-corrected chi connectivity index (χ2v) is 6.93. The zero-order chi connectivity index (χ0) is 20.1. The molecule has 27 heavy (non-hydrogen) atoms. The second kappa shape index (κ2) is 9.34. The number of esters is 3. The quantitative estimate of drug-likeness (QED) is 0.444. The normalized spacial score (nSPS) is 14.0. The highest BCUT2D eigenvalue weighted by atomic mass is 79.9. The smallest absolute Gasteiger partial charge is 0.355 e. The van der Waals surface area contributed by atoms with Crippen LogP contribution in [0.1, 0.15) is 17.3 Å². The first kappa shape index (κ1) is 21.4. The SMILES string of the molecule is CCOC(=O)c1cc(Br)c(N2COCC(C(=O)OC)=C2C(=O)OC)c(Br)c1. The van der Waals surface area contributed by atoms with E-state index in [1.807, 2.05) is 0 Å². The first-order chi connectivity index (χ1) is 12.8. The summed E-state index contributed by atoms with van der Waals surface area (Å²) in [4.78, 5) is 37.9. The van der Waals surface area contributed by atoms with Gasteiger partial charge in [-0.3, -0.25) is 0 Å². The van der Waals surface area contributed by atoms with Gasteiger partial charge in [-0.2, -0.15) is 0 Å². The van der Waals surface area contributed by atoms with Crippen molar-refractivity contribution in [3.63, 3.8) is 0 Å². The molecule has 0 unspecified atom stereocenters. The summed E-state index contributed by atoms with van der Waals surface area (Å²) < 4.78 is 21.0. The van der Waals surface area contributed by atoms with Crippen molar-refractivity contribution in [1.82, 2.24) is 0 Å². The molecule has 0 radical (unpaired) electrons. The number of carbonyl (C=O) groups excluding carboxylic acids is 3. The van der Waals surface area contributed by atoms with Crippen molar-refractivity contribution in [2.24, 2.45) is 0 Å². The molecule has 1 aliphatic rings. The fourth-order valence-electron chi connectivity index (χ4n) is 2.48. The van der Waals surface area contributed by atoms with Crippen molar-refractivity contribution >= 4 is 55.5 Å². The number of methoxy groups -OCH3 is 2. The minimum absolute atomic E-state index is 0.000819. The van der Waals surface area contributed by atoms with E-state index in [2.05, 4.69) is 31.9 Å². The van der Waals surface area contributed by atoms with Gasteiger partial charge in [0.2, 0.25) is 0 Å². The van der Waals surface area contributed by atoms with E-state index in [1.54, 1.807) is 19.1 Å². The molecule has 0 aromatic heterocycles. The van der Waals surface area contributed by atoms with Crippen LogP contribution in [0, 0.1) is 0 Å². The molecule has 1 aromatic rings. The Morgan fingerprint density at radius 1 is 1.07 bits per heavy atom. The highest BCUT2D eigenvalue weighted by Gasteiger charge is 2.34. The van der Waals surface area contributed by atoms with Crippen LogP contribution in [0.15, 0.2) is 32.3 Å². The second-order valence-electron chi connectivity index (χ2n) is 5.22. The third kappa shape index (κ3) is 4.50. The molecule has 0 atom stereocenters. The third-order valence-electron chi connectivity index (χ3n) is 3.63. The van der Waals surface area contributed by atoms with Crippen molar-refractivity contribution < 1.29 is 33.3 Å². The molecule has 0 fully saturated rings. The number of ether oxygens (including phenoxy) is 4. The summed E-state index contributed by atoms with van der Waals surface area (Å²) in [5, 5.41) is 0. The highest BCUT2D eigenvalue weighted by molar-refractivity contribution is 9.11. The molecule has 0 saturated heterocycles. The van der Waals surface area contributed by atoms with E-state index in [1.165, 1.54) is 19.1 Å². The number of benzene rings is 1. The molecule has 1 heterocycles. The Balaban J connectivity index is 2.59. The van der Waals surface area contributed by atoms with Gasteiger partial charge < -0.3 is 23.8 Å². The van der Waals surface area contributed by atoms with Gasteiger partial charge in [0.05, 0.1) is 44.3 Å². The summed E-state index contributed by atoms with van der Waals surface area (Å²) in [5.74, 6) is -1.90. The Kier molecular flexibility index (Phi) is 7.40. The van der Waals surface area contributed by atoms with Gasteiger partial charge in [-0.25, -0.2) is 14.4 Å². The molecule has 1 aliphatic heterocycles. The topological polar surface area (TPSA) is 91.4 Å². The molecular weight excluding hydrogens is 490 g/mol. The Bertz CT molecular complexity index is 783. The fraction of sp³-hybridized carbons (Fsp3) is 0.353. The Morgan fingerprint density at radius 2 is 1.67 bits per heavy atom. The van der Waals surface area contributed by atoms with Gasteiger partial charge in [-0.15, -0.1) is 0 Å². The molecular formula is C17H17Br2NO7. The Hall–Kier alpha value is -1.91. The molecule has 0 bridgehead atoms. The van der Waals surface area contributed by atoms with Crippen molar-refractivity contribution in [3.05, 3.63) is 37.9 Å². The maximum Gasteiger partial charge on any atom is 0.355 e. The lowest BCUT2D eigenvalue weighted by molar-refractivity contribution is -0.140. The predicted molar refractivity (Wildman–Crippen MR) is 102 cm³/mol. The number of anilines is 1. The van der Waals surface area contributed by atoms with E-state index in [0.717, 1.165) is 0 Å². The van der Waals surface area contributed by atoms with Crippen LogP contribution in [0.5, 0.6) is 0 Å². The molecule has 0 N–H and O–H groups in total. The van der Waals surface area contributed by atoms with Gasteiger partial charge in [0, 0.05) is 8.95 Å². The lowest BCUT2D eigenvalue weighted by atomic mass is 10.1. The fourth-order valence-corrected chi connectivity index (χ4v) is 4.09. The molecule has 2 rings (SSSR count). The molecule has 0 amide bonds. The minimum atomic E-state index is -0.716. The van der Waals surface area contributed by atoms with Gasteiger partial charge >= 0.3 is 17.9 Å². The molecule has 0 aliphatic carbocycles. The standard InChI is InChI=1S/C17H17Br2NO7/c1-4-27-15(21)9-5-11(18)14(12(19)6-9)20-8-26-7-10(16(22)24-2)13(20)17(23)25-3/h5-6H,4,7-8H2,1-3H3. The van der Waals surface area contributed by atoms with Gasteiger partial charge in [0.25, 0.3) is 0 Å². The van der Waals surface area contributed by atoms with Gasteiger partial charge in [0.1, 0.15) is 12.4 Å². The van der Waals surface area contributed by atoms with Crippen LogP contribution in [0.3, 0.4) is 0 Å². The van der Waals surface area contributed by atoms with E-state index < -0.39 is 17.9 Å². The summed E-state index contributed by atoms with van der Waals surface area (Å²) in [7, 11) is 2.43. The van der Waals surface area contributed by atoms with E-state index in [4.69, 9.17) is 18.9 Å². The van der Waals surface area contributed by atoms with Gasteiger partial charge in [-0.05, 0) is 50.9 Å². The number of carbonyl (C=O) groups is 3. The monoisotopic (exact) mass is 505 g/mol. The lowest BCUT2D eigenvalue weighted by Crippen LogP contribution is -2.39. The lowest BCUT2D eigenvalue weighted by Gasteiger charge is -2.32. The molecule has 10 heteroatoms. The van der Waals surface area contributed by atoms with Gasteiger partial charge in [-0.1, -0.05) is 0 Å². The van der Waals surface area contributed by atoms with Crippen LogP contribution in [0.25, 0.3) is 0 Å². The van der Waals surface area contributed by atoms with E-state index >= 15 is 0 Å². The summed E-state index contributed by atoms with van der Waals surface area (Å²) in [6, 6.07) is 3.11. The Morgan fingerprint density at radius 3 is 2.19 bits per heavy atom. The summed E-state index contributed by atoms with van der Waals surface area (Å²) in [6.07, 6.45) is 0.